The van der Waals surface area contributed by atoms with E-state index in [9.17, 15) is 13.2 Å². The second kappa shape index (κ2) is 8.91. The summed E-state index contributed by atoms with van der Waals surface area (Å²) in [6, 6.07) is 10.6. The second-order valence-corrected chi connectivity index (χ2v) is 10.7. The zero-order valence-electron chi connectivity index (χ0n) is 17.1. The third-order valence-electron chi connectivity index (χ3n) is 5.71. The molecule has 6 nitrogen and oxygen atoms in total. The Balaban J connectivity index is 1.53. The number of sulfonamides is 1. The fourth-order valence-electron chi connectivity index (χ4n) is 3.93. The predicted molar refractivity (Wildman–Crippen MR) is 120 cm³/mol. The summed E-state index contributed by atoms with van der Waals surface area (Å²) in [6.45, 7) is 3.54. The highest BCUT2D eigenvalue weighted by molar-refractivity contribution is 7.89. The zero-order chi connectivity index (χ0) is 21.1. The van der Waals surface area contributed by atoms with Gasteiger partial charge in [0.2, 0.25) is 15.9 Å². The molecule has 0 bridgehead atoms. The van der Waals surface area contributed by atoms with Gasteiger partial charge in [-0.3, -0.25) is 4.79 Å². The number of fused-ring (bicyclic) bond motifs is 1. The molecule has 2 aromatic heterocycles. The Morgan fingerprint density at radius 3 is 2.60 bits per heavy atom. The fraction of sp³-hybridized carbons (Fsp3) is 0.409. The van der Waals surface area contributed by atoms with Crippen molar-refractivity contribution in [1.29, 1.82) is 0 Å². The topological polar surface area (TPSA) is 71.4 Å². The standard InChI is InChI=1S/C22H27N3O3S2/c1-17(22(26)23-16-19-7-6-14-29-19)25-13-10-18-15-20(8-9-21(18)25)30(27,28)24-11-4-2-3-5-12-24/h6-10,13-15,17H,2-5,11-12,16H2,1H3,(H,23,26)/t17-/m0/s1. The summed E-state index contributed by atoms with van der Waals surface area (Å²) in [7, 11) is -3.49. The Morgan fingerprint density at radius 2 is 1.90 bits per heavy atom. The molecule has 1 fully saturated rings. The van der Waals surface area contributed by atoms with E-state index < -0.39 is 16.1 Å². The smallest absolute Gasteiger partial charge is 0.243 e. The molecule has 0 radical (unpaired) electrons. The summed E-state index contributed by atoms with van der Waals surface area (Å²) in [5.41, 5.74) is 0.851. The van der Waals surface area contributed by atoms with E-state index in [2.05, 4.69) is 5.32 Å². The van der Waals surface area contributed by atoms with Crippen LogP contribution >= 0.6 is 11.3 Å². The number of rotatable bonds is 6. The summed E-state index contributed by atoms with van der Waals surface area (Å²) in [5, 5.41) is 5.78. The molecule has 1 aliphatic rings. The Bertz CT molecular complexity index is 1110. The first kappa shape index (κ1) is 21.1. The summed E-state index contributed by atoms with van der Waals surface area (Å²) >= 11 is 1.61. The van der Waals surface area contributed by atoms with Gasteiger partial charge in [0.1, 0.15) is 6.04 Å². The molecule has 1 aliphatic heterocycles. The van der Waals surface area contributed by atoms with Gasteiger partial charge in [-0.2, -0.15) is 4.31 Å². The summed E-state index contributed by atoms with van der Waals surface area (Å²) < 4.78 is 29.7. The minimum Gasteiger partial charge on any atom is -0.349 e. The number of nitrogens with one attached hydrogen (secondary N) is 1. The maximum Gasteiger partial charge on any atom is 0.243 e. The van der Waals surface area contributed by atoms with Gasteiger partial charge < -0.3 is 9.88 Å². The van der Waals surface area contributed by atoms with E-state index in [-0.39, 0.29) is 5.91 Å². The Kier molecular flexibility index (Phi) is 6.26. The maximum absolute atomic E-state index is 13.1. The van der Waals surface area contributed by atoms with Crippen LogP contribution in [0.25, 0.3) is 10.9 Å². The van der Waals surface area contributed by atoms with Crippen molar-refractivity contribution in [2.45, 2.75) is 50.1 Å². The second-order valence-electron chi connectivity index (χ2n) is 7.74. The summed E-state index contributed by atoms with van der Waals surface area (Å²) in [4.78, 5) is 14.0. The van der Waals surface area contributed by atoms with Crippen molar-refractivity contribution >= 4 is 38.2 Å². The molecule has 1 aromatic carbocycles. The molecule has 1 atom stereocenters. The van der Waals surface area contributed by atoms with E-state index in [1.165, 1.54) is 0 Å². The van der Waals surface area contributed by atoms with Crippen LogP contribution in [0.5, 0.6) is 0 Å². The van der Waals surface area contributed by atoms with E-state index in [1.807, 2.05) is 47.3 Å². The number of amides is 1. The fourth-order valence-corrected chi connectivity index (χ4v) is 6.13. The molecular weight excluding hydrogens is 418 g/mol. The Morgan fingerprint density at radius 1 is 1.13 bits per heavy atom. The minimum absolute atomic E-state index is 0.0674. The van der Waals surface area contributed by atoms with Crippen molar-refractivity contribution in [3.05, 3.63) is 52.9 Å². The monoisotopic (exact) mass is 445 g/mol. The summed E-state index contributed by atoms with van der Waals surface area (Å²) in [6.07, 6.45) is 5.84. The van der Waals surface area contributed by atoms with Gasteiger partial charge in [-0.1, -0.05) is 18.9 Å². The third-order valence-corrected chi connectivity index (χ3v) is 8.48. The van der Waals surface area contributed by atoms with Crippen molar-refractivity contribution < 1.29 is 13.2 Å². The predicted octanol–water partition coefficient (Wildman–Crippen LogP) is 4.14. The number of aromatic nitrogens is 1. The molecule has 1 N–H and O–H groups in total. The van der Waals surface area contributed by atoms with Crippen molar-refractivity contribution in [2.24, 2.45) is 0 Å². The lowest BCUT2D eigenvalue weighted by Crippen LogP contribution is -2.32. The molecule has 0 saturated carbocycles. The first-order valence-electron chi connectivity index (χ1n) is 10.4. The number of hydrogen-bond acceptors (Lipinski definition) is 4. The molecular formula is C22H27N3O3S2. The zero-order valence-corrected chi connectivity index (χ0v) is 18.7. The Hall–Kier alpha value is -2.16. The van der Waals surface area contributed by atoms with Crippen LogP contribution in [-0.2, 0) is 21.4 Å². The quantitative estimate of drug-likeness (QED) is 0.620. The highest BCUT2D eigenvalue weighted by Crippen LogP contribution is 2.26. The first-order valence-corrected chi connectivity index (χ1v) is 12.7. The molecule has 30 heavy (non-hydrogen) atoms. The van der Waals surface area contributed by atoms with Crippen LogP contribution in [0.3, 0.4) is 0 Å². The molecule has 4 rings (SSSR count). The van der Waals surface area contributed by atoms with Crippen LogP contribution in [0.2, 0.25) is 0 Å². The number of carbonyl (C=O) groups is 1. The molecule has 0 aliphatic carbocycles. The molecule has 3 heterocycles. The van der Waals surface area contributed by atoms with Crippen molar-refractivity contribution in [3.63, 3.8) is 0 Å². The third kappa shape index (κ3) is 4.31. The lowest BCUT2D eigenvalue weighted by molar-refractivity contribution is -0.123. The normalized spacial score (nSPS) is 17.0. The van der Waals surface area contributed by atoms with E-state index >= 15 is 0 Å². The Labute approximate surface area is 181 Å². The van der Waals surface area contributed by atoms with E-state index in [0.717, 1.165) is 41.5 Å². The highest BCUT2D eigenvalue weighted by Gasteiger charge is 2.26. The van der Waals surface area contributed by atoms with Gasteiger partial charge in [-0.15, -0.1) is 11.3 Å². The maximum atomic E-state index is 13.1. The minimum atomic E-state index is -3.49. The number of carbonyl (C=O) groups excluding carboxylic acids is 1. The van der Waals surface area contributed by atoms with E-state index in [0.29, 0.717) is 24.5 Å². The summed E-state index contributed by atoms with van der Waals surface area (Å²) in [5.74, 6) is -0.0674. The van der Waals surface area contributed by atoms with E-state index in [4.69, 9.17) is 0 Å². The molecule has 1 saturated heterocycles. The average Bonchev–Trinajstić information content (AvgIpc) is 3.33. The van der Waals surface area contributed by atoms with Crippen LogP contribution in [0.15, 0.2) is 52.9 Å². The average molecular weight is 446 g/mol. The molecule has 0 spiro atoms. The van der Waals surface area contributed by atoms with Crippen LogP contribution in [-0.4, -0.2) is 36.3 Å². The van der Waals surface area contributed by atoms with Gasteiger partial charge in [0.05, 0.1) is 11.4 Å². The van der Waals surface area contributed by atoms with Crippen LogP contribution in [0.1, 0.15) is 43.5 Å². The van der Waals surface area contributed by atoms with E-state index in [1.54, 1.807) is 27.8 Å². The lowest BCUT2D eigenvalue weighted by Gasteiger charge is -2.20. The first-order chi connectivity index (χ1) is 14.5. The van der Waals surface area contributed by atoms with Crippen LogP contribution < -0.4 is 5.32 Å². The van der Waals surface area contributed by atoms with Crippen molar-refractivity contribution in [1.82, 2.24) is 14.2 Å². The van der Waals surface area contributed by atoms with Crippen LogP contribution in [0, 0.1) is 0 Å². The molecule has 1 amide bonds. The van der Waals surface area contributed by atoms with Gasteiger partial charge in [-0.25, -0.2) is 8.42 Å². The molecule has 8 heteroatoms. The van der Waals surface area contributed by atoms with Crippen LogP contribution in [0.4, 0.5) is 0 Å². The van der Waals surface area contributed by atoms with Gasteiger partial charge in [0.25, 0.3) is 0 Å². The van der Waals surface area contributed by atoms with Crippen molar-refractivity contribution in [2.75, 3.05) is 13.1 Å². The lowest BCUT2D eigenvalue weighted by atomic mass is 10.2. The van der Waals surface area contributed by atoms with Crippen molar-refractivity contribution in [3.8, 4) is 0 Å². The SMILES string of the molecule is C[C@@H](C(=O)NCc1cccs1)n1ccc2cc(S(=O)(=O)N3CCCCCC3)ccc21. The number of hydrogen-bond donors (Lipinski definition) is 1. The number of thiophene rings is 1. The van der Waals surface area contributed by atoms with Gasteiger partial charge in [-0.05, 0) is 55.5 Å². The highest BCUT2D eigenvalue weighted by atomic mass is 32.2. The number of nitrogens with zero attached hydrogens (tertiary/aromatic N) is 2. The molecule has 3 aromatic rings. The molecule has 0 unspecified atom stereocenters. The molecule has 160 valence electrons. The number of benzene rings is 1. The largest absolute Gasteiger partial charge is 0.349 e. The van der Waals surface area contributed by atoms with Gasteiger partial charge in [0.15, 0.2) is 0 Å². The van der Waals surface area contributed by atoms with Gasteiger partial charge in [0, 0.05) is 35.1 Å². The van der Waals surface area contributed by atoms with Gasteiger partial charge >= 0.3 is 0 Å².